The molecule has 1 N–H and O–H groups in total. The summed E-state index contributed by atoms with van der Waals surface area (Å²) in [6.45, 7) is -0.325. The van der Waals surface area contributed by atoms with Gasteiger partial charge in [-0.05, 0) is 12.1 Å². The Balaban J connectivity index is 2.79. The Morgan fingerprint density at radius 2 is 1.94 bits per heavy atom. The highest BCUT2D eigenvalue weighted by Crippen LogP contribution is 2.09. The molecule has 0 spiro atoms. The standard InChI is InChI=1S/C11H15N3O3/c1-13(2)9-5-4-8(6-12-9)11(17)14(3)7-10(15)16/h4-6H,7H2,1-3H3,(H,15,16). The van der Waals surface area contributed by atoms with E-state index < -0.39 is 5.97 Å². The summed E-state index contributed by atoms with van der Waals surface area (Å²) in [5.41, 5.74) is 0.374. The average molecular weight is 237 g/mol. The van der Waals surface area contributed by atoms with Gasteiger partial charge in [-0.25, -0.2) is 4.98 Å². The lowest BCUT2D eigenvalue weighted by molar-refractivity contribution is -0.137. The van der Waals surface area contributed by atoms with Crippen LogP contribution in [-0.2, 0) is 4.79 Å². The Bertz CT molecular complexity index is 414. The number of anilines is 1. The van der Waals surface area contributed by atoms with E-state index in [2.05, 4.69) is 4.98 Å². The van der Waals surface area contributed by atoms with Crippen LogP contribution in [0.2, 0.25) is 0 Å². The van der Waals surface area contributed by atoms with Gasteiger partial charge in [-0.1, -0.05) is 0 Å². The van der Waals surface area contributed by atoms with Gasteiger partial charge >= 0.3 is 5.97 Å². The molecule has 1 amide bonds. The lowest BCUT2D eigenvalue weighted by Gasteiger charge is -2.15. The SMILES string of the molecule is CN(CC(=O)O)C(=O)c1ccc(N(C)C)nc1. The van der Waals surface area contributed by atoms with Crippen molar-refractivity contribution in [2.75, 3.05) is 32.6 Å². The number of pyridine rings is 1. The first kappa shape index (κ1) is 13.0. The summed E-state index contributed by atoms with van der Waals surface area (Å²) in [4.78, 5) is 29.3. The highest BCUT2D eigenvalue weighted by atomic mass is 16.4. The molecule has 0 fully saturated rings. The third kappa shape index (κ3) is 3.44. The molecule has 6 heteroatoms. The third-order valence-electron chi connectivity index (χ3n) is 2.17. The van der Waals surface area contributed by atoms with E-state index in [1.807, 2.05) is 19.0 Å². The third-order valence-corrected chi connectivity index (χ3v) is 2.17. The lowest BCUT2D eigenvalue weighted by Crippen LogP contribution is -2.32. The van der Waals surface area contributed by atoms with Gasteiger partial charge < -0.3 is 14.9 Å². The van der Waals surface area contributed by atoms with Crippen LogP contribution in [0.25, 0.3) is 0 Å². The molecule has 0 aliphatic heterocycles. The Morgan fingerprint density at radius 3 is 2.35 bits per heavy atom. The fourth-order valence-electron chi connectivity index (χ4n) is 1.27. The maximum atomic E-state index is 11.8. The minimum absolute atomic E-state index is 0.325. The van der Waals surface area contributed by atoms with Gasteiger partial charge in [0.05, 0.1) is 5.56 Å². The van der Waals surface area contributed by atoms with Gasteiger partial charge in [-0.3, -0.25) is 9.59 Å². The van der Waals surface area contributed by atoms with Crippen LogP contribution in [0.3, 0.4) is 0 Å². The van der Waals surface area contributed by atoms with Crippen LogP contribution in [-0.4, -0.2) is 54.6 Å². The van der Waals surface area contributed by atoms with Crippen molar-refractivity contribution in [2.24, 2.45) is 0 Å². The molecular formula is C11H15N3O3. The number of rotatable bonds is 4. The van der Waals surface area contributed by atoms with E-state index in [4.69, 9.17) is 5.11 Å². The molecule has 1 aromatic rings. The van der Waals surface area contributed by atoms with Crippen LogP contribution in [0.4, 0.5) is 5.82 Å². The molecule has 6 nitrogen and oxygen atoms in total. The molecule has 0 aliphatic carbocycles. The first-order valence-corrected chi connectivity index (χ1v) is 5.02. The number of aromatic nitrogens is 1. The normalized spacial score (nSPS) is 9.82. The monoisotopic (exact) mass is 237 g/mol. The number of likely N-dealkylation sites (N-methyl/N-ethyl adjacent to an activating group) is 1. The van der Waals surface area contributed by atoms with Crippen molar-refractivity contribution in [1.29, 1.82) is 0 Å². The van der Waals surface area contributed by atoms with Crippen molar-refractivity contribution in [3.8, 4) is 0 Å². The van der Waals surface area contributed by atoms with Crippen LogP contribution in [0.5, 0.6) is 0 Å². The molecule has 0 atom stereocenters. The largest absolute Gasteiger partial charge is 0.480 e. The maximum absolute atomic E-state index is 11.8. The van der Waals surface area contributed by atoms with Crippen molar-refractivity contribution in [2.45, 2.75) is 0 Å². The first-order valence-electron chi connectivity index (χ1n) is 5.02. The van der Waals surface area contributed by atoms with Crippen molar-refractivity contribution in [3.05, 3.63) is 23.9 Å². The lowest BCUT2D eigenvalue weighted by atomic mass is 10.2. The molecule has 92 valence electrons. The Kier molecular flexibility index (Phi) is 4.03. The summed E-state index contributed by atoms with van der Waals surface area (Å²) in [5, 5.41) is 8.58. The second kappa shape index (κ2) is 5.29. The summed E-state index contributed by atoms with van der Waals surface area (Å²) in [6, 6.07) is 3.34. The zero-order valence-corrected chi connectivity index (χ0v) is 10.0. The Hall–Kier alpha value is -2.11. The van der Waals surface area contributed by atoms with Gasteiger partial charge in [-0.2, -0.15) is 0 Å². The first-order chi connectivity index (χ1) is 7.91. The fourth-order valence-corrected chi connectivity index (χ4v) is 1.27. The van der Waals surface area contributed by atoms with Crippen LogP contribution < -0.4 is 4.90 Å². The smallest absolute Gasteiger partial charge is 0.323 e. The summed E-state index contributed by atoms with van der Waals surface area (Å²) < 4.78 is 0. The molecular weight excluding hydrogens is 222 g/mol. The molecule has 1 rings (SSSR count). The maximum Gasteiger partial charge on any atom is 0.323 e. The van der Waals surface area contributed by atoms with E-state index in [1.54, 1.807) is 12.1 Å². The van der Waals surface area contributed by atoms with Crippen molar-refractivity contribution in [1.82, 2.24) is 9.88 Å². The van der Waals surface area contributed by atoms with Crippen molar-refractivity contribution < 1.29 is 14.7 Å². The summed E-state index contributed by atoms with van der Waals surface area (Å²) in [5.74, 6) is -0.661. The molecule has 0 unspecified atom stereocenters. The number of carbonyl (C=O) groups excluding carboxylic acids is 1. The fraction of sp³-hybridized carbons (Fsp3) is 0.364. The van der Waals surface area contributed by atoms with Crippen molar-refractivity contribution >= 4 is 17.7 Å². The number of carboxylic acid groups (broad SMARTS) is 1. The highest BCUT2D eigenvalue weighted by Gasteiger charge is 2.14. The number of carbonyl (C=O) groups is 2. The van der Waals surface area contributed by atoms with Gasteiger partial charge in [0.15, 0.2) is 0 Å². The summed E-state index contributed by atoms with van der Waals surface area (Å²) >= 11 is 0. The van der Waals surface area contributed by atoms with E-state index in [9.17, 15) is 9.59 Å². The molecule has 1 heterocycles. The van der Waals surface area contributed by atoms with E-state index in [0.717, 1.165) is 10.7 Å². The number of carboxylic acids is 1. The van der Waals surface area contributed by atoms with E-state index in [1.165, 1.54) is 13.2 Å². The Morgan fingerprint density at radius 1 is 1.29 bits per heavy atom. The molecule has 0 aromatic carbocycles. The average Bonchev–Trinajstić information content (AvgIpc) is 2.27. The van der Waals surface area contributed by atoms with Gasteiger partial charge in [0, 0.05) is 27.3 Å². The quantitative estimate of drug-likeness (QED) is 0.815. The zero-order valence-electron chi connectivity index (χ0n) is 10.0. The molecule has 17 heavy (non-hydrogen) atoms. The molecule has 0 radical (unpaired) electrons. The van der Waals surface area contributed by atoms with E-state index >= 15 is 0 Å². The topological polar surface area (TPSA) is 73.7 Å². The zero-order chi connectivity index (χ0) is 13.0. The van der Waals surface area contributed by atoms with Crippen LogP contribution >= 0.6 is 0 Å². The Labute approximate surface area is 99.5 Å². The predicted molar refractivity (Wildman–Crippen MR) is 63.2 cm³/mol. The molecule has 0 aliphatic rings. The van der Waals surface area contributed by atoms with Crippen molar-refractivity contribution in [3.63, 3.8) is 0 Å². The second-order valence-electron chi connectivity index (χ2n) is 3.85. The highest BCUT2D eigenvalue weighted by molar-refractivity contribution is 5.95. The number of amides is 1. The van der Waals surface area contributed by atoms with Crippen LogP contribution in [0, 0.1) is 0 Å². The van der Waals surface area contributed by atoms with E-state index in [0.29, 0.717) is 5.56 Å². The van der Waals surface area contributed by atoms with E-state index in [-0.39, 0.29) is 12.5 Å². The van der Waals surface area contributed by atoms with Crippen LogP contribution in [0.15, 0.2) is 18.3 Å². The summed E-state index contributed by atoms with van der Waals surface area (Å²) in [7, 11) is 5.14. The predicted octanol–water partition coefficient (Wildman–Crippen LogP) is 0.304. The van der Waals surface area contributed by atoms with Crippen LogP contribution in [0.1, 0.15) is 10.4 Å². The molecule has 1 aromatic heterocycles. The van der Waals surface area contributed by atoms with Gasteiger partial charge in [0.25, 0.3) is 5.91 Å². The van der Waals surface area contributed by atoms with Gasteiger partial charge in [0.2, 0.25) is 0 Å². The molecule has 0 saturated carbocycles. The number of nitrogens with zero attached hydrogens (tertiary/aromatic N) is 3. The minimum atomic E-state index is -1.04. The van der Waals surface area contributed by atoms with Gasteiger partial charge in [-0.15, -0.1) is 0 Å². The second-order valence-corrected chi connectivity index (χ2v) is 3.85. The van der Waals surface area contributed by atoms with Gasteiger partial charge in [0.1, 0.15) is 12.4 Å². The molecule has 0 saturated heterocycles. The number of hydrogen-bond donors (Lipinski definition) is 1. The number of aliphatic carboxylic acids is 1. The molecule has 0 bridgehead atoms. The number of hydrogen-bond acceptors (Lipinski definition) is 4. The minimum Gasteiger partial charge on any atom is -0.480 e. The summed E-state index contributed by atoms with van der Waals surface area (Å²) in [6.07, 6.45) is 1.44.